The van der Waals surface area contributed by atoms with Crippen LogP contribution in [0.4, 0.5) is 4.79 Å². The second-order valence-electron chi connectivity index (χ2n) is 9.38. The number of nitrogens with zero attached hydrogens (tertiary/aromatic N) is 1. The van der Waals surface area contributed by atoms with Crippen molar-refractivity contribution < 1.29 is 24.2 Å². The van der Waals surface area contributed by atoms with Gasteiger partial charge in [0.1, 0.15) is 6.61 Å². The van der Waals surface area contributed by atoms with Crippen molar-refractivity contribution in [2.75, 3.05) is 19.7 Å². The van der Waals surface area contributed by atoms with E-state index in [1.165, 1.54) is 22.3 Å². The summed E-state index contributed by atoms with van der Waals surface area (Å²) >= 11 is 0. The number of carbonyl (C=O) groups is 3. The highest BCUT2D eigenvalue weighted by Gasteiger charge is 2.39. The highest BCUT2D eigenvalue weighted by atomic mass is 16.5. The highest BCUT2D eigenvalue weighted by molar-refractivity contribution is 5.81. The van der Waals surface area contributed by atoms with Gasteiger partial charge in [0.15, 0.2) is 0 Å². The van der Waals surface area contributed by atoms with Crippen LogP contribution in [0, 0.1) is 11.8 Å². The van der Waals surface area contributed by atoms with Gasteiger partial charge in [-0.2, -0.15) is 0 Å². The Balaban J connectivity index is 1.11. The van der Waals surface area contributed by atoms with E-state index in [2.05, 4.69) is 29.6 Å². The predicted molar refractivity (Wildman–Crippen MR) is 122 cm³/mol. The fourth-order valence-corrected chi connectivity index (χ4v) is 5.53. The van der Waals surface area contributed by atoms with E-state index in [1.54, 1.807) is 4.90 Å². The molecule has 7 nitrogen and oxygen atoms in total. The van der Waals surface area contributed by atoms with Gasteiger partial charge in [-0.05, 0) is 41.5 Å². The van der Waals surface area contributed by atoms with Crippen molar-refractivity contribution in [1.29, 1.82) is 0 Å². The molecular weight excluding hydrogens is 420 g/mol. The first-order valence-electron chi connectivity index (χ1n) is 11.6. The van der Waals surface area contributed by atoms with Crippen molar-refractivity contribution in [2.24, 2.45) is 11.8 Å². The topological polar surface area (TPSA) is 95.9 Å². The molecule has 2 N–H and O–H groups in total. The van der Waals surface area contributed by atoms with Gasteiger partial charge in [0.25, 0.3) is 0 Å². The molecule has 0 bridgehead atoms. The zero-order chi connectivity index (χ0) is 22.9. The normalized spacial score (nSPS) is 21.8. The number of hydrogen-bond donors (Lipinski definition) is 2. The van der Waals surface area contributed by atoms with E-state index >= 15 is 0 Å². The van der Waals surface area contributed by atoms with Crippen molar-refractivity contribution in [3.8, 4) is 11.1 Å². The summed E-state index contributed by atoms with van der Waals surface area (Å²) in [5.41, 5.74) is 4.73. The van der Waals surface area contributed by atoms with Gasteiger partial charge in [-0.25, -0.2) is 4.79 Å². The molecule has 2 atom stereocenters. The number of hydrogen-bond acceptors (Lipinski definition) is 4. The number of carboxylic acids is 1. The van der Waals surface area contributed by atoms with E-state index in [4.69, 9.17) is 9.84 Å². The summed E-state index contributed by atoms with van der Waals surface area (Å²) in [4.78, 5) is 37.7. The minimum Gasteiger partial charge on any atom is -0.481 e. The second-order valence-corrected chi connectivity index (χ2v) is 9.38. The van der Waals surface area contributed by atoms with Gasteiger partial charge in [0, 0.05) is 36.9 Å². The predicted octanol–water partition coefficient (Wildman–Crippen LogP) is 3.63. The minimum absolute atomic E-state index is 0.0196. The number of carboxylic acid groups (broad SMARTS) is 1. The molecule has 172 valence electrons. The van der Waals surface area contributed by atoms with Gasteiger partial charge < -0.3 is 20.1 Å². The summed E-state index contributed by atoms with van der Waals surface area (Å²) in [5.74, 6) is -0.780. The zero-order valence-corrected chi connectivity index (χ0v) is 18.4. The Labute approximate surface area is 192 Å². The smallest absolute Gasteiger partial charge is 0.407 e. The van der Waals surface area contributed by atoms with E-state index in [0.717, 1.165) is 12.8 Å². The van der Waals surface area contributed by atoms with Crippen LogP contribution in [0.1, 0.15) is 42.7 Å². The number of nitrogens with one attached hydrogen (secondary N) is 1. The van der Waals surface area contributed by atoms with Gasteiger partial charge in [0.05, 0.1) is 6.42 Å². The third-order valence-electron chi connectivity index (χ3n) is 7.18. The van der Waals surface area contributed by atoms with Crippen LogP contribution in [-0.4, -0.2) is 53.7 Å². The van der Waals surface area contributed by atoms with Crippen LogP contribution >= 0.6 is 0 Å². The first kappa shape index (κ1) is 21.5. The lowest BCUT2D eigenvalue weighted by Crippen LogP contribution is -2.52. The van der Waals surface area contributed by atoms with Crippen molar-refractivity contribution in [3.05, 3.63) is 59.7 Å². The van der Waals surface area contributed by atoms with Gasteiger partial charge >= 0.3 is 12.1 Å². The molecule has 1 saturated carbocycles. The summed E-state index contributed by atoms with van der Waals surface area (Å²) in [6.45, 7) is 1.31. The van der Waals surface area contributed by atoms with Gasteiger partial charge in [-0.15, -0.1) is 0 Å². The Morgan fingerprint density at radius 1 is 0.970 bits per heavy atom. The van der Waals surface area contributed by atoms with Crippen LogP contribution in [-0.2, 0) is 14.3 Å². The molecule has 0 radical (unpaired) electrons. The standard InChI is InChI=1S/C26H28N2O5/c29-24(30)11-16-13-28(14-16)25(31)17-9-10-18(12-17)27-26(32)33-15-23-21-7-3-1-5-19(21)20-6-2-4-8-22(20)23/h1-8,16-18,23H,9-15H2,(H,27,32)(H,29,30). The summed E-state index contributed by atoms with van der Waals surface area (Å²) in [5, 5.41) is 11.8. The molecule has 0 aromatic heterocycles. The average Bonchev–Trinajstić information content (AvgIpc) is 3.37. The largest absolute Gasteiger partial charge is 0.481 e. The first-order chi connectivity index (χ1) is 16.0. The molecule has 5 rings (SSSR count). The summed E-state index contributed by atoms with van der Waals surface area (Å²) in [6, 6.07) is 16.4. The van der Waals surface area contributed by atoms with E-state index in [1.807, 2.05) is 24.3 Å². The number of ether oxygens (including phenoxy) is 1. The monoisotopic (exact) mass is 448 g/mol. The van der Waals surface area contributed by atoms with E-state index in [0.29, 0.717) is 19.5 Å². The van der Waals surface area contributed by atoms with Crippen molar-refractivity contribution >= 4 is 18.0 Å². The minimum atomic E-state index is -0.819. The lowest BCUT2D eigenvalue weighted by molar-refractivity contribution is -0.147. The zero-order valence-electron chi connectivity index (χ0n) is 18.4. The molecule has 2 aromatic carbocycles. The Bertz CT molecular complexity index is 1030. The van der Waals surface area contributed by atoms with Gasteiger partial charge in [-0.3, -0.25) is 9.59 Å². The van der Waals surface area contributed by atoms with Crippen molar-refractivity contribution in [2.45, 2.75) is 37.6 Å². The van der Waals surface area contributed by atoms with Crippen LogP contribution in [0.25, 0.3) is 11.1 Å². The molecular formula is C26H28N2O5. The molecule has 1 aliphatic heterocycles. The molecule has 2 unspecified atom stereocenters. The Kier molecular flexibility index (Phi) is 5.79. The number of fused-ring (bicyclic) bond motifs is 3. The van der Waals surface area contributed by atoms with Crippen LogP contribution in [0.2, 0.25) is 0 Å². The molecule has 2 aromatic rings. The third-order valence-corrected chi connectivity index (χ3v) is 7.18. The quantitative estimate of drug-likeness (QED) is 0.704. The maximum atomic E-state index is 12.7. The number of benzene rings is 2. The van der Waals surface area contributed by atoms with Crippen molar-refractivity contribution in [1.82, 2.24) is 10.2 Å². The van der Waals surface area contributed by atoms with Crippen LogP contribution in [0.5, 0.6) is 0 Å². The SMILES string of the molecule is O=C(O)CC1CN(C(=O)C2CCC(NC(=O)OCC3c4ccccc4-c4ccccc43)C2)C1. The van der Waals surface area contributed by atoms with E-state index < -0.39 is 12.1 Å². The van der Waals surface area contributed by atoms with Crippen LogP contribution in [0.3, 0.4) is 0 Å². The summed E-state index contributed by atoms with van der Waals surface area (Å²) < 4.78 is 5.63. The lowest BCUT2D eigenvalue weighted by atomic mass is 9.94. The van der Waals surface area contributed by atoms with E-state index in [-0.39, 0.29) is 42.7 Å². The Morgan fingerprint density at radius 3 is 2.24 bits per heavy atom. The van der Waals surface area contributed by atoms with Crippen LogP contribution < -0.4 is 5.32 Å². The lowest BCUT2D eigenvalue weighted by Gasteiger charge is -2.40. The number of amides is 2. The summed E-state index contributed by atoms with van der Waals surface area (Å²) in [7, 11) is 0. The second kappa shape index (κ2) is 8.89. The molecule has 7 heteroatoms. The molecule has 1 heterocycles. The molecule has 1 saturated heterocycles. The number of rotatable bonds is 6. The molecule has 33 heavy (non-hydrogen) atoms. The first-order valence-corrected chi connectivity index (χ1v) is 11.6. The third kappa shape index (κ3) is 4.32. The number of carbonyl (C=O) groups excluding carboxylic acids is 2. The molecule has 0 spiro atoms. The summed E-state index contributed by atoms with van der Waals surface area (Å²) in [6.07, 6.45) is 1.74. The van der Waals surface area contributed by atoms with Gasteiger partial charge in [-0.1, -0.05) is 48.5 Å². The molecule has 2 aliphatic carbocycles. The number of aliphatic carboxylic acids is 1. The van der Waals surface area contributed by atoms with Crippen molar-refractivity contribution in [3.63, 3.8) is 0 Å². The molecule has 3 aliphatic rings. The fourth-order valence-electron chi connectivity index (χ4n) is 5.53. The maximum absolute atomic E-state index is 12.7. The highest BCUT2D eigenvalue weighted by Crippen LogP contribution is 2.44. The fraction of sp³-hybridized carbons (Fsp3) is 0.423. The number of likely N-dealkylation sites (tertiary alicyclic amines) is 1. The van der Waals surface area contributed by atoms with Gasteiger partial charge in [0.2, 0.25) is 5.91 Å². The Morgan fingerprint density at radius 2 is 1.61 bits per heavy atom. The number of alkyl carbamates (subject to hydrolysis) is 1. The van der Waals surface area contributed by atoms with Crippen LogP contribution in [0.15, 0.2) is 48.5 Å². The molecule has 2 amide bonds. The average molecular weight is 449 g/mol. The molecule has 2 fully saturated rings. The maximum Gasteiger partial charge on any atom is 0.407 e. The van der Waals surface area contributed by atoms with E-state index in [9.17, 15) is 14.4 Å². The Hall–Kier alpha value is -3.35.